The Balaban J connectivity index is 2.15. The summed E-state index contributed by atoms with van der Waals surface area (Å²) in [6.07, 6.45) is 1.27. The lowest BCUT2D eigenvalue weighted by Crippen LogP contribution is -2.19. The third kappa shape index (κ3) is 4.20. The number of ether oxygens (including phenoxy) is 1. The van der Waals surface area contributed by atoms with Crippen LogP contribution in [-0.2, 0) is 4.74 Å². The molecule has 0 bridgehead atoms. The molecule has 6 heteroatoms. The minimum absolute atomic E-state index is 0.246. The summed E-state index contributed by atoms with van der Waals surface area (Å²) in [6.45, 7) is 0. The van der Waals surface area contributed by atoms with E-state index in [4.69, 9.17) is 22.1 Å². The van der Waals surface area contributed by atoms with Crippen molar-refractivity contribution in [1.29, 1.82) is 0 Å². The van der Waals surface area contributed by atoms with Gasteiger partial charge in [0.25, 0.3) is 5.91 Å². The van der Waals surface area contributed by atoms with Crippen LogP contribution in [0.5, 0.6) is 0 Å². The Bertz CT molecular complexity index is 637. The molecule has 1 atom stereocenters. The fourth-order valence-electron chi connectivity index (χ4n) is 1.90. The van der Waals surface area contributed by atoms with E-state index in [0.29, 0.717) is 16.3 Å². The Morgan fingerprint density at radius 1 is 1.43 bits per heavy atom. The number of halogens is 1. The maximum atomic E-state index is 11.4. The second-order valence-electron chi connectivity index (χ2n) is 4.30. The summed E-state index contributed by atoms with van der Waals surface area (Å²) in [4.78, 5) is 16.5. The van der Waals surface area contributed by atoms with Crippen LogP contribution in [0.15, 0.2) is 47.5 Å². The summed E-state index contributed by atoms with van der Waals surface area (Å²) in [5.74, 6) is 0.0726. The Morgan fingerprint density at radius 2 is 2.24 bits per heavy atom. The van der Waals surface area contributed by atoms with Crippen molar-refractivity contribution >= 4 is 29.3 Å². The average molecular weight is 323 g/mol. The van der Waals surface area contributed by atoms with E-state index in [1.54, 1.807) is 37.2 Å². The van der Waals surface area contributed by atoms with Crippen molar-refractivity contribution in [2.75, 3.05) is 12.9 Å². The summed E-state index contributed by atoms with van der Waals surface area (Å²) in [6, 6.07) is 11.1. The normalized spacial score (nSPS) is 12.1. The predicted octanol–water partition coefficient (Wildman–Crippen LogP) is 3.31. The number of nitrogens with zero attached hydrogens (tertiary/aromatic N) is 1. The first kappa shape index (κ1) is 15.8. The van der Waals surface area contributed by atoms with Gasteiger partial charge in [-0.3, -0.25) is 9.78 Å². The van der Waals surface area contributed by atoms with Gasteiger partial charge in [0.05, 0.1) is 6.10 Å². The highest BCUT2D eigenvalue weighted by Crippen LogP contribution is 2.29. The quantitative estimate of drug-likeness (QED) is 0.829. The van der Waals surface area contributed by atoms with E-state index in [1.807, 2.05) is 24.3 Å². The van der Waals surface area contributed by atoms with Crippen molar-refractivity contribution in [2.24, 2.45) is 5.73 Å². The Hall–Kier alpha value is -1.56. The van der Waals surface area contributed by atoms with Crippen molar-refractivity contribution in [3.63, 3.8) is 0 Å². The number of aromatic nitrogens is 1. The van der Waals surface area contributed by atoms with Gasteiger partial charge < -0.3 is 10.5 Å². The fourth-order valence-corrected chi connectivity index (χ4v) is 3.20. The Kier molecular flexibility index (Phi) is 5.61. The summed E-state index contributed by atoms with van der Waals surface area (Å²) in [5, 5.41) is 0.688. The molecule has 1 heterocycles. The molecule has 1 aromatic heterocycles. The number of hydrogen-bond acceptors (Lipinski definition) is 4. The van der Waals surface area contributed by atoms with Crippen LogP contribution in [0.3, 0.4) is 0 Å². The van der Waals surface area contributed by atoms with Gasteiger partial charge in [-0.25, -0.2) is 0 Å². The highest BCUT2D eigenvalue weighted by atomic mass is 35.5. The molecule has 1 amide bonds. The summed E-state index contributed by atoms with van der Waals surface area (Å²) >= 11 is 7.56. The lowest BCUT2D eigenvalue weighted by atomic mass is 10.1. The smallest absolute Gasteiger partial charge is 0.267 e. The van der Waals surface area contributed by atoms with Gasteiger partial charge in [-0.15, -0.1) is 11.8 Å². The number of primary amides is 1. The molecule has 0 radical (unpaired) electrons. The molecule has 0 aliphatic heterocycles. The van der Waals surface area contributed by atoms with Crippen LogP contribution in [0, 0.1) is 0 Å². The zero-order valence-corrected chi connectivity index (χ0v) is 13.0. The standard InChI is InChI=1S/C15H15ClN2O2S/c1-20-13(9-21-11-5-2-4-10(16)8-11)12-6-3-7-18-14(12)15(17)19/h2-8,13H,9H2,1H3,(H2,17,19). The lowest BCUT2D eigenvalue weighted by Gasteiger charge is -2.17. The van der Waals surface area contributed by atoms with E-state index >= 15 is 0 Å². The van der Waals surface area contributed by atoms with Gasteiger partial charge in [0, 0.05) is 34.5 Å². The molecule has 2 aromatic rings. The monoisotopic (exact) mass is 322 g/mol. The molecule has 0 aliphatic rings. The molecule has 2 N–H and O–H groups in total. The van der Waals surface area contributed by atoms with Gasteiger partial charge in [0.2, 0.25) is 0 Å². The zero-order valence-electron chi connectivity index (χ0n) is 11.5. The van der Waals surface area contributed by atoms with E-state index < -0.39 is 5.91 Å². The summed E-state index contributed by atoms with van der Waals surface area (Å²) in [5.41, 5.74) is 6.30. The van der Waals surface area contributed by atoms with Crippen molar-refractivity contribution in [2.45, 2.75) is 11.0 Å². The molecule has 21 heavy (non-hydrogen) atoms. The number of hydrogen-bond donors (Lipinski definition) is 1. The first-order valence-corrected chi connectivity index (χ1v) is 7.64. The second kappa shape index (κ2) is 7.45. The highest BCUT2D eigenvalue weighted by molar-refractivity contribution is 7.99. The number of amides is 1. The lowest BCUT2D eigenvalue weighted by molar-refractivity contribution is 0.0974. The minimum atomic E-state index is -0.555. The SMILES string of the molecule is COC(CSc1cccc(Cl)c1)c1cccnc1C(N)=O. The number of rotatable bonds is 6. The first-order valence-electron chi connectivity index (χ1n) is 6.27. The molecule has 0 spiro atoms. The fraction of sp³-hybridized carbons (Fsp3) is 0.200. The van der Waals surface area contributed by atoms with Crippen LogP contribution < -0.4 is 5.73 Å². The number of carbonyl (C=O) groups is 1. The maximum Gasteiger partial charge on any atom is 0.267 e. The van der Waals surface area contributed by atoms with Gasteiger partial charge in [-0.2, -0.15) is 0 Å². The van der Waals surface area contributed by atoms with E-state index in [1.165, 1.54) is 0 Å². The number of carbonyl (C=O) groups excluding carboxylic acids is 1. The third-order valence-corrected chi connectivity index (χ3v) is 4.19. The molecular weight excluding hydrogens is 308 g/mol. The van der Waals surface area contributed by atoms with Crippen LogP contribution in [0.1, 0.15) is 22.2 Å². The Morgan fingerprint density at radius 3 is 2.90 bits per heavy atom. The summed E-state index contributed by atoms with van der Waals surface area (Å²) < 4.78 is 5.48. The average Bonchev–Trinajstić information content (AvgIpc) is 2.48. The number of pyridine rings is 1. The third-order valence-electron chi connectivity index (χ3n) is 2.90. The Labute approximate surface area is 132 Å². The van der Waals surface area contributed by atoms with E-state index in [2.05, 4.69) is 4.98 Å². The van der Waals surface area contributed by atoms with E-state index in [-0.39, 0.29) is 11.8 Å². The van der Waals surface area contributed by atoms with Crippen LogP contribution in [-0.4, -0.2) is 23.8 Å². The zero-order chi connectivity index (χ0) is 15.2. The molecule has 2 rings (SSSR count). The van der Waals surface area contributed by atoms with Crippen molar-refractivity contribution in [1.82, 2.24) is 4.98 Å². The van der Waals surface area contributed by atoms with Gasteiger partial charge in [-0.1, -0.05) is 23.7 Å². The number of thioether (sulfide) groups is 1. The second-order valence-corrected chi connectivity index (χ2v) is 5.83. The van der Waals surface area contributed by atoms with E-state index in [9.17, 15) is 4.79 Å². The highest BCUT2D eigenvalue weighted by Gasteiger charge is 2.18. The van der Waals surface area contributed by atoms with Crippen LogP contribution in [0.2, 0.25) is 5.02 Å². The van der Waals surface area contributed by atoms with E-state index in [0.717, 1.165) is 4.90 Å². The van der Waals surface area contributed by atoms with Crippen molar-refractivity contribution in [3.05, 3.63) is 58.9 Å². The number of nitrogens with two attached hydrogens (primary N) is 1. The summed E-state index contributed by atoms with van der Waals surface area (Å²) in [7, 11) is 1.60. The van der Waals surface area contributed by atoms with Gasteiger partial charge in [0.1, 0.15) is 5.69 Å². The van der Waals surface area contributed by atoms with Gasteiger partial charge >= 0.3 is 0 Å². The topological polar surface area (TPSA) is 65.2 Å². The maximum absolute atomic E-state index is 11.4. The first-order chi connectivity index (χ1) is 10.1. The largest absolute Gasteiger partial charge is 0.376 e. The van der Waals surface area contributed by atoms with Crippen molar-refractivity contribution in [3.8, 4) is 0 Å². The molecule has 1 aromatic carbocycles. The molecule has 110 valence electrons. The number of methoxy groups -OCH3 is 1. The molecule has 0 saturated carbocycles. The molecule has 4 nitrogen and oxygen atoms in total. The van der Waals surface area contributed by atoms with Gasteiger partial charge in [-0.05, 0) is 24.3 Å². The molecule has 0 saturated heterocycles. The van der Waals surface area contributed by atoms with Crippen LogP contribution in [0.25, 0.3) is 0 Å². The minimum Gasteiger partial charge on any atom is -0.376 e. The van der Waals surface area contributed by atoms with Crippen LogP contribution in [0.4, 0.5) is 0 Å². The predicted molar refractivity (Wildman–Crippen MR) is 84.7 cm³/mol. The molecular formula is C15H15ClN2O2S. The van der Waals surface area contributed by atoms with Gasteiger partial charge in [0.15, 0.2) is 0 Å². The number of benzene rings is 1. The van der Waals surface area contributed by atoms with Crippen LogP contribution >= 0.6 is 23.4 Å². The molecule has 0 aliphatic carbocycles. The molecule has 0 fully saturated rings. The van der Waals surface area contributed by atoms with Crippen molar-refractivity contribution < 1.29 is 9.53 Å². The molecule has 1 unspecified atom stereocenters.